The summed E-state index contributed by atoms with van der Waals surface area (Å²) in [6.07, 6.45) is 3.64. The zero-order valence-corrected chi connectivity index (χ0v) is 16.6. The number of hydrogen-bond acceptors (Lipinski definition) is 3. The van der Waals surface area contributed by atoms with Crippen molar-refractivity contribution in [3.63, 3.8) is 0 Å². The van der Waals surface area contributed by atoms with E-state index in [0.717, 1.165) is 19.3 Å². The molecule has 2 amide bonds. The lowest BCUT2D eigenvalue weighted by molar-refractivity contribution is -0.184. The number of amides is 2. The minimum Gasteiger partial charge on any atom is -0.346 e. The van der Waals surface area contributed by atoms with Gasteiger partial charge in [-0.05, 0) is 55.0 Å². The van der Waals surface area contributed by atoms with Crippen LogP contribution in [0.1, 0.15) is 36.5 Å². The first-order valence-corrected chi connectivity index (χ1v) is 9.68. The largest absolute Gasteiger partial charge is 0.346 e. The fourth-order valence-corrected chi connectivity index (χ4v) is 4.65. The Kier molecular flexibility index (Phi) is 4.59. The van der Waals surface area contributed by atoms with Crippen LogP contribution < -0.4 is 10.6 Å². The molecule has 3 saturated carbocycles. The summed E-state index contributed by atoms with van der Waals surface area (Å²) in [6, 6.07) is 7.18. The van der Waals surface area contributed by atoms with Gasteiger partial charge in [-0.3, -0.25) is 9.59 Å². The van der Waals surface area contributed by atoms with Gasteiger partial charge in [0.25, 0.3) is 5.91 Å². The van der Waals surface area contributed by atoms with Gasteiger partial charge in [0.2, 0.25) is 5.91 Å². The van der Waals surface area contributed by atoms with Crippen molar-refractivity contribution < 1.29 is 14.0 Å². The minimum atomic E-state index is -0.347. The van der Waals surface area contributed by atoms with Crippen LogP contribution in [0.4, 0.5) is 10.1 Å². The van der Waals surface area contributed by atoms with E-state index in [-0.39, 0.29) is 44.7 Å². The fraction of sp³-hybridized carbons (Fsp3) is 0.350. The van der Waals surface area contributed by atoms with E-state index in [1.165, 1.54) is 36.5 Å². The van der Waals surface area contributed by atoms with E-state index < -0.39 is 0 Å². The molecule has 3 aliphatic rings. The van der Waals surface area contributed by atoms with Gasteiger partial charge < -0.3 is 10.6 Å². The van der Waals surface area contributed by atoms with Crippen molar-refractivity contribution in [3.05, 3.63) is 58.1 Å². The molecule has 1 heterocycles. The summed E-state index contributed by atoms with van der Waals surface area (Å²) < 4.78 is 13.0. The molecule has 8 heteroatoms. The average Bonchev–Trinajstić information content (AvgIpc) is 2.60. The molecule has 3 aliphatic carbocycles. The predicted octanol–water partition coefficient (Wildman–Crippen LogP) is 4.45. The van der Waals surface area contributed by atoms with E-state index in [1.54, 1.807) is 0 Å². The quantitative estimate of drug-likeness (QED) is 0.700. The zero-order chi connectivity index (χ0) is 20.1. The zero-order valence-electron chi connectivity index (χ0n) is 15.1. The molecule has 28 heavy (non-hydrogen) atoms. The maximum atomic E-state index is 13.0. The van der Waals surface area contributed by atoms with Crippen molar-refractivity contribution in [1.82, 2.24) is 10.3 Å². The molecular formula is C20H18Cl2FN3O2. The van der Waals surface area contributed by atoms with Crippen LogP contribution >= 0.6 is 23.2 Å². The molecular weight excluding hydrogens is 404 g/mol. The van der Waals surface area contributed by atoms with Gasteiger partial charge in [-0.25, -0.2) is 9.37 Å². The topological polar surface area (TPSA) is 71.1 Å². The summed E-state index contributed by atoms with van der Waals surface area (Å²) in [5.41, 5.74) is 0.552. The number of pyridine rings is 1. The molecule has 2 N–H and O–H groups in total. The van der Waals surface area contributed by atoms with Crippen LogP contribution in [0.3, 0.4) is 0 Å². The lowest BCUT2D eigenvalue weighted by Gasteiger charge is -2.72. The van der Waals surface area contributed by atoms with E-state index in [9.17, 15) is 14.0 Å². The van der Waals surface area contributed by atoms with Crippen LogP contribution in [-0.4, -0.2) is 22.3 Å². The van der Waals surface area contributed by atoms with Gasteiger partial charge in [0.1, 0.15) is 11.0 Å². The highest BCUT2D eigenvalue weighted by molar-refractivity contribution is 6.41. The van der Waals surface area contributed by atoms with E-state index in [0.29, 0.717) is 11.3 Å². The van der Waals surface area contributed by atoms with Gasteiger partial charge >= 0.3 is 0 Å². The Labute approximate surface area is 171 Å². The van der Waals surface area contributed by atoms with E-state index in [4.69, 9.17) is 23.2 Å². The molecule has 1 aromatic carbocycles. The van der Waals surface area contributed by atoms with Crippen molar-refractivity contribution in [2.45, 2.75) is 31.7 Å². The number of carbonyl (C=O) groups is 2. The predicted molar refractivity (Wildman–Crippen MR) is 105 cm³/mol. The molecule has 3 fully saturated rings. The Bertz CT molecular complexity index is 945. The van der Waals surface area contributed by atoms with Gasteiger partial charge in [-0.1, -0.05) is 30.1 Å². The second-order valence-corrected chi connectivity index (χ2v) is 8.61. The van der Waals surface area contributed by atoms with E-state index in [1.807, 2.05) is 6.92 Å². The third-order valence-corrected chi connectivity index (χ3v) is 6.62. The van der Waals surface area contributed by atoms with Crippen LogP contribution in [0.25, 0.3) is 0 Å². The Hall–Kier alpha value is -2.18. The normalized spacial score (nSPS) is 25.9. The second-order valence-electron chi connectivity index (χ2n) is 7.84. The number of carbonyl (C=O) groups excluding carboxylic acids is 2. The van der Waals surface area contributed by atoms with Crippen molar-refractivity contribution in [2.75, 3.05) is 5.32 Å². The summed E-state index contributed by atoms with van der Waals surface area (Å²) in [5, 5.41) is 6.26. The molecule has 5 rings (SSSR count). The summed E-state index contributed by atoms with van der Waals surface area (Å²) in [4.78, 5) is 28.9. The van der Waals surface area contributed by atoms with Crippen LogP contribution in [-0.2, 0) is 4.79 Å². The Morgan fingerprint density at radius 3 is 2.43 bits per heavy atom. The molecule has 0 saturated heterocycles. The summed E-state index contributed by atoms with van der Waals surface area (Å²) >= 11 is 11.7. The maximum absolute atomic E-state index is 13.0. The smallest absolute Gasteiger partial charge is 0.253 e. The first-order valence-electron chi connectivity index (χ1n) is 8.92. The van der Waals surface area contributed by atoms with Crippen LogP contribution in [0.2, 0.25) is 10.2 Å². The molecule has 1 aromatic heterocycles. The third-order valence-electron chi connectivity index (χ3n) is 5.93. The van der Waals surface area contributed by atoms with Crippen LogP contribution in [0.15, 0.2) is 36.5 Å². The SMILES string of the molecule is C[C@H](C(=O)Nc1ccc(F)cc1)C12CC(NC(=O)c3cnc(Cl)c(Cl)c3)(C1)C2. The van der Waals surface area contributed by atoms with Crippen molar-refractivity contribution in [1.29, 1.82) is 0 Å². The first kappa shape index (κ1) is 19.2. The molecule has 0 aliphatic heterocycles. The van der Waals surface area contributed by atoms with Crippen molar-refractivity contribution in [3.8, 4) is 0 Å². The highest BCUT2D eigenvalue weighted by Crippen LogP contribution is 2.70. The number of nitrogens with one attached hydrogen (secondary N) is 2. The Morgan fingerprint density at radius 1 is 1.18 bits per heavy atom. The molecule has 2 bridgehead atoms. The number of nitrogens with zero attached hydrogens (tertiary/aromatic N) is 1. The monoisotopic (exact) mass is 421 g/mol. The molecule has 1 atom stereocenters. The van der Waals surface area contributed by atoms with Gasteiger partial charge in [0.15, 0.2) is 0 Å². The number of hydrogen-bond donors (Lipinski definition) is 2. The molecule has 0 radical (unpaired) electrons. The number of aromatic nitrogens is 1. The van der Waals surface area contributed by atoms with Crippen LogP contribution in [0.5, 0.6) is 0 Å². The molecule has 5 nitrogen and oxygen atoms in total. The summed E-state index contributed by atoms with van der Waals surface area (Å²) in [5.74, 6) is -0.897. The average molecular weight is 422 g/mol. The van der Waals surface area contributed by atoms with Gasteiger partial charge in [-0.2, -0.15) is 0 Å². The van der Waals surface area contributed by atoms with Crippen molar-refractivity contribution >= 4 is 40.7 Å². The standard InChI is InChI=1S/C20H18Cl2FN3O2/c1-11(17(27)25-14-4-2-13(23)3-5-14)19-8-20(9-19,10-19)26-18(28)12-6-15(21)16(22)24-7-12/h2-7,11H,8-10H2,1H3,(H,25,27)(H,26,28)/t11-,19?,20?/m1/s1. The van der Waals surface area contributed by atoms with Gasteiger partial charge in [0.05, 0.1) is 10.6 Å². The second kappa shape index (κ2) is 6.71. The maximum Gasteiger partial charge on any atom is 0.253 e. The van der Waals surface area contributed by atoms with Gasteiger partial charge in [-0.15, -0.1) is 0 Å². The third kappa shape index (κ3) is 3.25. The molecule has 0 spiro atoms. The molecule has 2 aromatic rings. The van der Waals surface area contributed by atoms with E-state index in [2.05, 4.69) is 15.6 Å². The number of anilines is 1. The lowest BCUT2D eigenvalue weighted by Crippen LogP contribution is -2.77. The van der Waals surface area contributed by atoms with Gasteiger partial charge in [0, 0.05) is 23.3 Å². The fourth-order valence-electron chi connectivity index (χ4n) is 4.38. The molecule has 0 unspecified atom stereocenters. The van der Waals surface area contributed by atoms with Crippen molar-refractivity contribution in [2.24, 2.45) is 11.3 Å². The highest BCUT2D eigenvalue weighted by atomic mass is 35.5. The lowest BCUT2D eigenvalue weighted by atomic mass is 9.36. The number of benzene rings is 1. The Balaban J connectivity index is 1.34. The first-order chi connectivity index (χ1) is 13.2. The minimum absolute atomic E-state index is 0.0973. The van der Waals surface area contributed by atoms with E-state index >= 15 is 0 Å². The summed E-state index contributed by atoms with van der Waals surface area (Å²) in [6.45, 7) is 1.90. The van der Waals surface area contributed by atoms with Crippen LogP contribution in [0, 0.1) is 17.2 Å². The summed E-state index contributed by atoms with van der Waals surface area (Å²) in [7, 11) is 0. The Morgan fingerprint density at radius 2 is 1.82 bits per heavy atom. The number of halogens is 3. The highest BCUT2D eigenvalue weighted by Gasteiger charge is 2.71. The molecule has 146 valence electrons. The number of rotatable bonds is 5.